The van der Waals surface area contributed by atoms with Crippen molar-refractivity contribution < 1.29 is 14.7 Å². The Morgan fingerprint density at radius 3 is 2.40 bits per heavy atom. The fourth-order valence-corrected chi connectivity index (χ4v) is 2.65. The highest BCUT2D eigenvalue weighted by Gasteiger charge is 2.39. The Bertz CT molecular complexity index is 498. The van der Waals surface area contributed by atoms with Gasteiger partial charge in [-0.1, -0.05) is 22.4 Å². The van der Waals surface area contributed by atoms with Gasteiger partial charge < -0.3 is 15.7 Å². The molecule has 6 heteroatoms. The van der Waals surface area contributed by atoms with Gasteiger partial charge in [-0.05, 0) is 42.5 Å². The number of halogens is 1. The first-order chi connectivity index (χ1) is 9.49. The first-order valence-corrected chi connectivity index (χ1v) is 7.31. The summed E-state index contributed by atoms with van der Waals surface area (Å²) in [5.74, 6) is -0.806. The zero-order valence-corrected chi connectivity index (χ0v) is 12.6. The highest BCUT2D eigenvalue weighted by Crippen LogP contribution is 2.43. The molecule has 0 radical (unpaired) electrons. The molecule has 1 aliphatic carbocycles. The van der Waals surface area contributed by atoms with Crippen LogP contribution in [0.25, 0.3) is 0 Å². The van der Waals surface area contributed by atoms with Gasteiger partial charge in [-0.2, -0.15) is 0 Å². The normalized spacial score (nSPS) is 16.1. The van der Waals surface area contributed by atoms with E-state index in [1.807, 2.05) is 12.1 Å². The number of carbonyl (C=O) groups is 2. The van der Waals surface area contributed by atoms with E-state index in [1.54, 1.807) is 12.1 Å². The van der Waals surface area contributed by atoms with E-state index in [0.29, 0.717) is 12.2 Å². The second-order valence-electron chi connectivity index (χ2n) is 5.24. The molecule has 1 aliphatic rings. The fourth-order valence-electron chi connectivity index (χ4n) is 2.39. The van der Waals surface area contributed by atoms with E-state index in [2.05, 4.69) is 26.6 Å². The van der Waals surface area contributed by atoms with E-state index < -0.39 is 5.97 Å². The van der Waals surface area contributed by atoms with Crippen LogP contribution in [-0.2, 0) is 4.79 Å². The summed E-state index contributed by atoms with van der Waals surface area (Å²) < 4.78 is 0.943. The molecular formula is C14H17BrN2O3. The molecule has 1 saturated carbocycles. The van der Waals surface area contributed by atoms with Crippen LogP contribution in [-0.4, -0.2) is 23.7 Å². The van der Waals surface area contributed by atoms with Crippen molar-refractivity contribution in [3.05, 3.63) is 28.7 Å². The summed E-state index contributed by atoms with van der Waals surface area (Å²) in [5, 5.41) is 14.4. The smallest absolute Gasteiger partial charge is 0.319 e. The number of amides is 2. The predicted octanol–water partition coefficient (Wildman–Crippen LogP) is 3.22. The second kappa shape index (κ2) is 6.26. The van der Waals surface area contributed by atoms with Gasteiger partial charge in [0.2, 0.25) is 0 Å². The minimum atomic E-state index is -0.806. The average molecular weight is 341 g/mol. The van der Waals surface area contributed by atoms with E-state index in [1.165, 1.54) is 0 Å². The number of benzene rings is 1. The van der Waals surface area contributed by atoms with E-state index in [-0.39, 0.29) is 17.9 Å². The van der Waals surface area contributed by atoms with Gasteiger partial charge in [0.05, 0.1) is 6.42 Å². The molecule has 3 N–H and O–H groups in total. The van der Waals surface area contributed by atoms with Crippen molar-refractivity contribution in [2.24, 2.45) is 5.41 Å². The second-order valence-corrected chi connectivity index (χ2v) is 6.15. The number of aliphatic carboxylic acids is 1. The highest BCUT2D eigenvalue weighted by atomic mass is 79.9. The first kappa shape index (κ1) is 14.8. The highest BCUT2D eigenvalue weighted by molar-refractivity contribution is 9.10. The average Bonchev–Trinajstić information content (AvgIpc) is 2.35. The molecule has 0 aromatic heterocycles. The van der Waals surface area contributed by atoms with E-state index in [0.717, 1.165) is 23.7 Å². The number of carboxylic acids is 1. The standard InChI is InChI=1S/C14H17BrN2O3/c15-10-2-4-11(5-3-10)17-13(20)16-9-14(6-1-7-14)8-12(18)19/h2-5H,1,6-9H2,(H,18,19)(H2,16,17,20). The molecule has 1 aromatic carbocycles. The summed E-state index contributed by atoms with van der Waals surface area (Å²) in [5.41, 5.74) is 0.440. The lowest BCUT2D eigenvalue weighted by molar-refractivity contribution is -0.141. The number of rotatable bonds is 5. The van der Waals surface area contributed by atoms with Crippen molar-refractivity contribution in [3.8, 4) is 0 Å². The van der Waals surface area contributed by atoms with Crippen LogP contribution in [0.15, 0.2) is 28.7 Å². The maximum Gasteiger partial charge on any atom is 0.319 e. The largest absolute Gasteiger partial charge is 0.481 e. The Kier molecular flexibility index (Phi) is 4.65. The van der Waals surface area contributed by atoms with Crippen molar-refractivity contribution in [1.29, 1.82) is 0 Å². The van der Waals surface area contributed by atoms with Gasteiger partial charge in [0.25, 0.3) is 0 Å². The third-order valence-corrected chi connectivity index (χ3v) is 4.20. The summed E-state index contributed by atoms with van der Waals surface area (Å²) in [6, 6.07) is 6.96. The topological polar surface area (TPSA) is 78.4 Å². The summed E-state index contributed by atoms with van der Waals surface area (Å²) in [4.78, 5) is 22.6. The van der Waals surface area contributed by atoms with Crippen LogP contribution in [0.3, 0.4) is 0 Å². The van der Waals surface area contributed by atoms with Gasteiger partial charge in [-0.25, -0.2) is 4.79 Å². The van der Waals surface area contributed by atoms with Crippen LogP contribution in [0.5, 0.6) is 0 Å². The molecule has 108 valence electrons. The van der Waals surface area contributed by atoms with Crippen molar-refractivity contribution in [3.63, 3.8) is 0 Å². The minimum Gasteiger partial charge on any atom is -0.481 e. The molecule has 0 unspecified atom stereocenters. The molecule has 5 nitrogen and oxygen atoms in total. The summed E-state index contributed by atoms with van der Waals surface area (Å²) in [6.45, 7) is 0.404. The number of urea groups is 1. The molecule has 0 heterocycles. The van der Waals surface area contributed by atoms with Crippen LogP contribution < -0.4 is 10.6 Å². The zero-order valence-electron chi connectivity index (χ0n) is 11.0. The SMILES string of the molecule is O=C(O)CC1(CNC(=O)Nc2ccc(Br)cc2)CCC1. The molecule has 2 amide bonds. The number of nitrogens with one attached hydrogen (secondary N) is 2. The first-order valence-electron chi connectivity index (χ1n) is 6.51. The molecule has 20 heavy (non-hydrogen) atoms. The molecular weight excluding hydrogens is 324 g/mol. The summed E-state index contributed by atoms with van der Waals surface area (Å²) in [6.07, 6.45) is 2.87. The lowest BCUT2D eigenvalue weighted by Gasteiger charge is -2.40. The summed E-state index contributed by atoms with van der Waals surface area (Å²) in [7, 11) is 0. The third-order valence-electron chi connectivity index (χ3n) is 3.67. The third kappa shape index (κ3) is 3.96. The fraction of sp³-hybridized carbons (Fsp3) is 0.429. The molecule has 0 saturated heterocycles. The van der Waals surface area contributed by atoms with Crippen LogP contribution >= 0.6 is 15.9 Å². The van der Waals surface area contributed by atoms with Crippen LogP contribution in [0.2, 0.25) is 0 Å². The minimum absolute atomic E-state index is 0.117. The van der Waals surface area contributed by atoms with Gasteiger partial charge >= 0.3 is 12.0 Å². The van der Waals surface area contributed by atoms with Gasteiger partial charge in [-0.3, -0.25) is 4.79 Å². The molecule has 0 spiro atoms. The zero-order chi connectivity index (χ0) is 14.6. The van der Waals surface area contributed by atoms with Crippen LogP contribution in [0.4, 0.5) is 10.5 Å². The maximum atomic E-state index is 11.8. The van der Waals surface area contributed by atoms with Gasteiger partial charge in [0, 0.05) is 16.7 Å². The Hall–Kier alpha value is -1.56. The number of carbonyl (C=O) groups excluding carboxylic acids is 1. The number of hydrogen-bond donors (Lipinski definition) is 3. The molecule has 0 aliphatic heterocycles. The lowest BCUT2D eigenvalue weighted by Crippen LogP contribution is -2.44. The van der Waals surface area contributed by atoms with Crippen molar-refractivity contribution in [2.75, 3.05) is 11.9 Å². The van der Waals surface area contributed by atoms with Crippen molar-refractivity contribution in [2.45, 2.75) is 25.7 Å². The monoisotopic (exact) mass is 340 g/mol. The quantitative estimate of drug-likeness (QED) is 0.769. The Labute approximate surface area is 125 Å². The number of hydrogen-bond acceptors (Lipinski definition) is 2. The molecule has 1 fully saturated rings. The molecule has 0 atom stereocenters. The van der Waals surface area contributed by atoms with E-state index >= 15 is 0 Å². The molecule has 1 aromatic rings. The predicted molar refractivity (Wildman–Crippen MR) is 79.7 cm³/mol. The Morgan fingerprint density at radius 1 is 1.25 bits per heavy atom. The molecule has 2 rings (SSSR count). The van der Waals surface area contributed by atoms with E-state index in [9.17, 15) is 9.59 Å². The van der Waals surface area contributed by atoms with E-state index in [4.69, 9.17) is 5.11 Å². The van der Waals surface area contributed by atoms with Crippen LogP contribution in [0.1, 0.15) is 25.7 Å². The van der Waals surface area contributed by atoms with Crippen molar-refractivity contribution in [1.82, 2.24) is 5.32 Å². The Morgan fingerprint density at radius 2 is 1.90 bits per heavy atom. The number of anilines is 1. The lowest BCUT2D eigenvalue weighted by atomic mass is 9.66. The summed E-state index contributed by atoms with van der Waals surface area (Å²) >= 11 is 3.32. The van der Waals surface area contributed by atoms with Gasteiger partial charge in [-0.15, -0.1) is 0 Å². The maximum absolute atomic E-state index is 11.8. The number of carboxylic acid groups (broad SMARTS) is 1. The van der Waals surface area contributed by atoms with Crippen molar-refractivity contribution >= 4 is 33.6 Å². The molecule has 0 bridgehead atoms. The van der Waals surface area contributed by atoms with Gasteiger partial charge in [0.1, 0.15) is 0 Å². The van der Waals surface area contributed by atoms with Crippen LogP contribution in [0, 0.1) is 5.41 Å². The Balaban J connectivity index is 1.82. The van der Waals surface area contributed by atoms with Gasteiger partial charge in [0.15, 0.2) is 0 Å².